The Kier molecular flexibility index (Phi) is 30.5. The van der Waals surface area contributed by atoms with Crippen LogP contribution in [0.5, 0.6) is 11.5 Å². The maximum absolute atomic E-state index is 15.6. The fourth-order valence-electron chi connectivity index (χ4n) is 13.9. The Morgan fingerprint density at radius 2 is 1.50 bits per heavy atom. The molecule has 39 heteroatoms. The SMILES string of the molecule is C=CCOC(=O)c1cc(COC(=O)N(C)CCCCCCC23Oc4ccc5c6c([nH]c5c4)[S+]([O-])C[C@H](NC(=O)CNC2=O)C(=O)N[C@@H](CC(N)=O)CN2C[C@H](O)C[C@H]2C(=O)N[C@@H]([C@@H](C)[C@@H](O)CO)C(=O)N[C@@H](C6)C(=O)NCC(=O)N[C@H]3[C@@H](C)CC)ccc1O[C@@H]1O[C@H](C(=O)OC)[C@@H](OC(C)=O)[C@H](OC(C)=O)[C@H]1OC(C)=O. The van der Waals surface area contributed by atoms with Gasteiger partial charge in [-0.05, 0) is 61.4 Å². The lowest BCUT2D eigenvalue weighted by molar-refractivity contribution is -0.282. The van der Waals surface area contributed by atoms with Crippen LogP contribution in [0.25, 0.3) is 10.9 Å². The van der Waals surface area contributed by atoms with E-state index in [9.17, 15) is 77.6 Å². The Balaban J connectivity index is 1.07. The molecule has 8 bridgehead atoms. The van der Waals surface area contributed by atoms with Gasteiger partial charge in [0.2, 0.25) is 64.4 Å². The Labute approximate surface area is 640 Å². The normalized spacial score (nSPS) is 27.0. The van der Waals surface area contributed by atoms with E-state index in [4.69, 9.17) is 48.4 Å². The highest BCUT2D eigenvalue weighted by Gasteiger charge is 2.57. The largest absolute Gasteiger partial charge is 0.610 e. The number of aromatic amines is 1. The van der Waals surface area contributed by atoms with Gasteiger partial charge in [-0.2, -0.15) is 0 Å². The second-order valence-electron chi connectivity index (χ2n) is 27.8. The minimum absolute atomic E-state index is 0.0178. The molecule has 17 atom stereocenters. The molecule has 0 saturated carbocycles. The molecule has 6 aliphatic heterocycles. The first-order chi connectivity index (χ1) is 52.7. The standard InChI is InChI=1S/C72H97N11O27S/c1-10-22-103-67(97)46-23-40(16-19-52(46)108-69-60(107-39(7)87)58(106-38(6)86)57(105-37(5)85)59(109-69)68(98)102-9)33-104-71(100)82(8)21-15-13-12-14-20-72-61(35(3)11-2)80-55(92)28-74-62(93)48-27-45-44-18-17-43(110-72)26-47(44)79-66(45)111(101)34-49(77-54(91)29-75-70(72)99)63(94)76-41(24-53(73)90)30-83-31-42(88)25-50(83)64(95)81-56(65(96)78-48)36(4)51(89)32-84/h10,16-19,23,26,35-36,41-42,48-51,56-61,69,79,84,88-89H,1,11-15,20-22,24-25,27-34H2,2-9H3,(H2,73,90)(H,74,93)(H,75,99)(H,76,94)(H,77,91)(H,78,96)(H,80,92)(H,81,95)/t35-,36-,41-,42+,48-,49-,50-,51-,56-,57-,58-,59-,60+,61-,69+,72?,111?/m0/s1. The number of unbranched alkanes of at least 4 members (excludes halogenated alkanes) is 3. The number of ether oxygens (including phenoxy) is 9. The molecule has 9 rings (SSSR count). The summed E-state index contributed by atoms with van der Waals surface area (Å²) in [4.78, 5) is 200. The first-order valence-electron chi connectivity index (χ1n) is 36.2. The van der Waals surface area contributed by atoms with Crippen molar-refractivity contribution in [1.29, 1.82) is 0 Å². The number of esters is 5. The summed E-state index contributed by atoms with van der Waals surface area (Å²) in [7, 11) is 2.47. The minimum atomic E-state index is -2.37. The summed E-state index contributed by atoms with van der Waals surface area (Å²) in [6, 6.07) is -0.547. The molecule has 38 nitrogen and oxygen atoms in total. The van der Waals surface area contributed by atoms with Crippen molar-refractivity contribution < 1.29 is 130 Å². The average molecular weight is 1580 g/mol. The summed E-state index contributed by atoms with van der Waals surface area (Å²) in [5, 5.41) is 51.0. The van der Waals surface area contributed by atoms with Gasteiger partial charge in [0.05, 0.1) is 62.7 Å². The second kappa shape index (κ2) is 39.1. The van der Waals surface area contributed by atoms with E-state index in [2.05, 4.69) is 48.8 Å². The van der Waals surface area contributed by atoms with Crippen LogP contribution in [0.3, 0.4) is 0 Å². The van der Waals surface area contributed by atoms with Crippen LogP contribution < -0.4 is 52.4 Å². The van der Waals surface area contributed by atoms with Crippen LogP contribution in [0.4, 0.5) is 4.79 Å². The summed E-state index contributed by atoms with van der Waals surface area (Å²) in [5.74, 6) is -15.5. The first kappa shape index (κ1) is 86.4. The fraction of sp³-hybridized carbons (Fsp3) is 0.583. The Morgan fingerprint density at radius 1 is 0.820 bits per heavy atom. The Bertz CT molecular complexity index is 3970. The van der Waals surface area contributed by atoms with Gasteiger partial charge in [-0.15, -0.1) is 0 Å². The number of methoxy groups -OCH3 is 1. The van der Waals surface area contributed by atoms with E-state index in [1.807, 2.05) is 0 Å². The highest BCUT2D eigenvalue weighted by Crippen LogP contribution is 2.38. The molecule has 0 spiro atoms. The van der Waals surface area contributed by atoms with Crippen LogP contribution in [0.2, 0.25) is 0 Å². The number of nitrogens with two attached hydrogens (primary N) is 1. The van der Waals surface area contributed by atoms with Crippen molar-refractivity contribution in [2.24, 2.45) is 17.6 Å². The minimum Gasteiger partial charge on any atom is -0.610 e. The number of hydrogen-bond acceptors (Lipinski definition) is 28. The zero-order valence-corrected chi connectivity index (χ0v) is 63.5. The molecule has 7 heterocycles. The highest BCUT2D eigenvalue weighted by molar-refractivity contribution is 7.91. The van der Waals surface area contributed by atoms with Gasteiger partial charge in [-0.3, -0.25) is 57.6 Å². The molecule has 1 aromatic heterocycles. The Hall–Kier alpha value is -10.2. The zero-order valence-electron chi connectivity index (χ0n) is 62.7. The number of aromatic nitrogens is 1. The predicted molar refractivity (Wildman–Crippen MR) is 385 cm³/mol. The molecule has 2 unspecified atom stereocenters. The highest BCUT2D eigenvalue weighted by atomic mass is 32.2. The molecular formula is C72H97N11O27S. The van der Waals surface area contributed by atoms with E-state index in [0.29, 0.717) is 19.3 Å². The fourth-order valence-corrected chi connectivity index (χ4v) is 15.3. The van der Waals surface area contributed by atoms with E-state index in [1.165, 1.54) is 60.2 Å². The van der Waals surface area contributed by atoms with Gasteiger partial charge < -0.3 is 115 Å². The van der Waals surface area contributed by atoms with E-state index in [-0.39, 0.29) is 96.0 Å². The maximum atomic E-state index is 15.6. The molecule has 0 radical (unpaired) electrons. The number of carbonyl (C=O) groups excluding carboxylic acids is 14. The number of nitrogens with zero attached hydrogens (tertiary/aromatic N) is 2. The summed E-state index contributed by atoms with van der Waals surface area (Å²) >= 11 is -2.37. The first-order valence-corrected chi connectivity index (χ1v) is 37.5. The monoisotopic (exact) mass is 1580 g/mol. The maximum Gasteiger partial charge on any atom is 0.409 e. The van der Waals surface area contributed by atoms with Crippen molar-refractivity contribution in [3.8, 4) is 11.5 Å². The molecule has 111 heavy (non-hydrogen) atoms. The molecule has 2 saturated heterocycles. The molecule has 608 valence electrons. The average Bonchev–Trinajstić information content (AvgIpc) is 1.58. The van der Waals surface area contributed by atoms with Gasteiger partial charge in [-0.1, -0.05) is 58.8 Å². The van der Waals surface area contributed by atoms with Crippen molar-refractivity contribution in [3.63, 3.8) is 0 Å². The molecule has 13 N–H and O–H groups in total. The van der Waals surface area contributed by atoms with Crippen molar-refractivity contribution in [2.45, 2.75) is 196 Å². The quantitative estimate of drug-likeness (QED) is 0.0138. The number of H-pyrrole nitrogens is 1. The van der Waals surface area contributed by atoms with Crippen LogP contribution in [-0.2, 0) is 115 Å². The van der Waals surface area contributed by atoms with Crippen molar-refractivity contribution in [3.05, 3.63) is 65.7 Å². The van der Waals surface area contributed by atoms with Gasteiger partial charge in [0.15, 0.2) is 24.4 Å². The van der Waals surface area contributed by atoms with E-state index in [0.717, 1.165) is 27.9 Å². The number of carbonyl (C=O) groups is 14. The van der Waals surface area contributed by atoms with Crippen LogP contribution in [0, 0.1) is 11.8 Å². The van der Waals surface area contributed by atoms with Gasteiger partial charge in [-0.25, -0.2) is 14.4 Å². The topological polar surface area (TPSA) is 538 Å². The van der Waals surface area contributed by atoms with Gasteiger partial charge in [0, 0.05) is 94.4 Å². The van der Waals surface area contributed by atoms with E-state index < -0.39 is 236 Å². The van der Waals surface area contributed by atoms with E-state index >= 15 is 9.35 Å². The zero-order chi connectivity index (χ0) is 81.3. The summed E-state index contributed by atoms with van der Waals surface area (Å²) in [5.41, 5.74) is 3.78. The van der Waals surface area contributed by atoms with Crippen LogP contribution >= 0.6 is 0 Å². The van der Waals surface area contributed by atoms with Crippen molar-refractivity contribution in [2.75, 3.05) is 65.8 Å². The molecule has 9 amide bonds. The van der Waals surface area contributed by atoms with Crippen LogP contribution in [0.1, 0.15) is 114 Å². The second-order valence-corrected chi connectivity index (χ2v) is 29.3. The number of nitrogens with one attached hydrogen (secondary N) is 8. The van der Waals surface area contributed by atoms with Crippen molar-refractivity contribution >= 4 is 105 Å². The molecule has 2 fully saturated rings. The lowest BCUT2D eigenvalue weighted by atomic mass is 9.79. The van der Waals surface area contributed by atoms with Gasteiger partial charge in [0.25, 0.3) is 5.91 Å². The number of hydrogen-bond donors (Lipinski definition) is 12. The number of rotatable bonds is 25. The smallest absolute Gasteiger partial charge is 0.409 e. The number of aliphatic hydroxyl groups excluding tert-OH is 3. The third kappa shape index (κ3) is 22.1. The van der Waals surface area contributed by atoms with Crippen LogP contribution in [0.15, 0.2) is 54.1 Å². The van der Waals surface area contributed by atoms with Gasteiger partial charge >= 0.3 is 35.9 Å². The molecule has 2 aromatic carbocycles. The molecular weight excluding hydrogens is 1480 g/mol. The van der Waals surface area contributed by atoms with E-state index in [1.54, 1.807) is 19.9 Å². The number of amides is 9. The number of fused-ring (bicyclic) bond motifs is 9. The molecule has 0 aliphatic carbocycles. The third-order valence-corrected chi connectivity index (χ3v) is 21.0. The number of benzene rings is 2. The van der Waals surface area contributed by atoms with Crippen LogP contribution in [-0.4, -0.2) is 268 Å². The lowest BCUT2D eigenvalue weighted by Gasteiger charge is -2.43. The summed E-state index contributed by atoms with van der Waals surface area (Å²) in [6.07, 6.45) is -11.2. The van der Waals surface area contributed by atoms with Crippen molar-refractivity contribution in [1.82, 2.24) is 52.0 Å². The summed E-state index contributed by atoms with van der Waals surface area (Å²) in [6.45, 7) is 7.78. The summed E-state index contributed by atoms with van der Waals surface area (Å²) < 4.78 is 66.3. The third-order valence-electron chi connectivity index (χ3n) is 19.6. The number of aliphatic hydroxyl groups is 3. The Morgan fingerprint density at radius 3 is 2.18 bits per heavy atom. The lowest BCUT2D eigenvalue weighted by Crippen LogP contribution is -2.67. The van der Waals surface area contributed by atoms with Gasteiger partial charge in [0.1, 0.15) is 48.1 Å². The number of primary amides is 1. The predicted octanol–water partition coefficient (Wildman–Crippen LogP) is -2.39. The molecule has 6 aliphatic rings. The molecule has 3 aromatic rings.